The second-order valence-corrected chi connectivity index (χ2v) is 8.92. The topological polar surface area (TPSA) is 91.0 Å². The van der Waals surface area contributed by atoms with Gasteiger partial charge in [-0.25, -0.2) is 0 Å². The van der Waals surface area contributed by atoms with Crippen LogP contribution < -0.4 is 15.4 Å². The summed E-state index contributed by atoms with van der Waals surface area (Å²) in [6.45, 7) is 1.43. The number of carbonyl (C=O) groups excluding carboxylic acids is 3. The fraction of sp³-hybridized carbons (Fsp3) is 0.250. The molecule has 8 heteroatoms. The Morgan fingerprint density at radius 3 is 2.47 bits per heavy atom. The lowest BCUT2D eigenvalue weighted by Crippen LogP contribution is -2.60. The zero-order chi connectivity index (χ0) is 25.1. The van der Waals surface area contributed by atoms with Crippen molar-refractivity contribution in [3.05, 3.63) is 95.6 Å². The summed E-state index contributed by atoms with van der Waals surface area (Å²) >= 11 is 0. The van der Waals surface area contributed by atoms with Crippen molar-refractivity contribution in [2.75, 3.05) is 32.1 Å². The molecular formula is C28H28N4O4. The number of nitrogens with zero attached hydrogens (tertiary/aromatic N) is 2. The Hall–Kier alpha value is -4.17. The van der Waals surface area contributed by atoms with E-state index in [4.69, 9.17) is 4.74 Å². The summed E-state index contributed by atoms with van der Waals surface area (Å²) in [5.74, 6) is 0.176. The van der Waals surface area contributed by atoms with Gasteiger partial charge in [0.25, 0.3) is 5.91 Å². The van der Waals surface area contributed by atoms with Crippen LogP contribution in [0.1, 0.15) is 27.5 Å². The lowest BCUT2D eigenvalue weighted by Gasteiger charge is -2.42. The van der Waals surface area contributed by atoms with E-state index in [1.54, 1.807) is 36.3 Å². The Kier molecular flexibility index (Phi) is 6.69. The van der Waals surface area contributed by atoms with E-state index in [0.717, 1.165) is 16.9 Å². The van der Waals surface area contributed by atoms with Gasteiger partial charge < -0.3 is 20.3 Å². The number of hydrogen-bond donors (Lipinski definition) is 2. The van der Waals surface area contributed by atoms with Crippen molar-refractivity contribution < 1.29 is 19.1 Å². The molecule has 36 heavy (non-hydrogen) atoms. The number of anilines is 1. The van der Waals surface area contributed by atoms with E-state index in [2.05, 4.69) is 10.6 Å². The lowest BCUT2D eigenvalue weighted by molar-refractivity contribution is -0.131. The molecule has 2 aliphatic heterocycles. The van der Waals surface area contributed by atoms with Gasteiger partial charge in [0, 0.05) is 26.2 Å². The number of hydrogen-bond acceptors (Lipinski definition) is 5. The lowest BCUT2D eigenvalue weighted by atomic mass is 10.0. The quantitative estimate of drug-likeness (QED) is 0.562. The molecule has 2 atom stereocenters. The minimum absolute atomic E-state index is 0.158. The maximum Gasteiger partial charge on any atom is 0.256 e. The molecule has 3 aromatic carbocycles. The molecule has 1 fully saturated rings. The van der Waals surface area contributed by atoms with Gasteiger partial charge in [0.2, 0.25) is 11.8 Å². The molecular weight excluding hydrogens is 456 g/mol. The van der Waals surface area contributed by atoms with Gasteiger partial charge in [0.1, 0.15) is 17.8 Å². The standard InChI is InChI=1S/C28H28N4O4/c1-36-21-13-11-19(12-14-21)17-29-27(34)25(20-7-3-2-4-8-20)31-15-16-32-24(18-31)26(33)30-23-10-6-5-9-22(23)28(32)35/h2-14,24-25H,15-18H2,1H3,(H,29,34)(H,30,33)/t24-,25?/m0/s1. The van der Waals surface area contributed by atoms with E-state index >= 15 is 0 Å². The van der Waals surface area contributed by atoms with Crippen LogP contribution in [0, 0.1) is 0 Å². The van der Waals surface area contributed by atoms with E-state index in [1.807, 2.05) is 59.5 Å². The number of nitrogens with one attached hydrogen (secondary N) is 2. The van der Waals surface area contributed by atoms with Crippen molar-refractivity contribution in [2.24, 2.45) is 0 Å². The summed E-state index contributed by atoms with van der Waals surface area (Å²) in [6.07, 6.45) is 0. The average Bonchev–Trinajstić information content (AvgIpc) is 3.02. The van der Waals surface area contributed by atoms with Crippen LogP contribution in [-0.4, -0.2) is 60.3 Å². The molecule has 0 spiro atoms. The number of piperazine rings is 1. The highest BCUT2D eigenvalue weighted by Crippen LogP contribution is 2.29. The predicted molar refractivity (Wildman–Crippen MR) is 135 cm³/mol. The molecule has 1 unspecified atom stereocenters. The summed E-state index contributed by atoms with van der Waals surface area (Å²) in [4.78, 5) is 43.5. The van der Waals surface area contributed by atoms with Crippen molar-refractivity contribution >= 4 is 23.4 Å². The summed E-state index contributed by atoms with van der Waals surface area (Å²) in [5.41, 5.74) is 2.79. The summed E-state index contributed by atoms with van der Waals surface area (Å²) in [5, 5.41) is 5.95. The third kappa shape index (κ3) is 4.67. The van der Waals surface area contributed by atoms with Crippen molar-refractivity contribution in [1.29, 1.82) is 0 Å². The zero-order valence-electron chi connectivity index (χ0n) is 20.0. The van der Waals surface area contributed by atoms with Gasteiger partial charge in [-0.05, 0) is 35.4 Å². The molecule has 3 aromatic rings. The Bertz CT molecular complexity index is 1260. The average molecular weight is 485 g/mol. The van der Waals surface area contributed by atoms with Gasteiger partial charge in [-0.1, -0.05) is 54.6 Å². The summed E-state index contributed by atoms with van der Waals surface area (Å²) < 4.78 is 5.20. The first-order valence-electron chi connectivity index (χ1n) is 12.0. The van der Waals surface area contributed by atoms with Crippen LogP contribution >= 0.6 is 0 Å². The molecule has 0 saturated carbocycles. The number of ether oxygens (including phenoxy) is 1. The molecule has 5 rings (SSSR count). The van der Waals surface area contributed by atoms with Crippen LogP contribution in [0.15, 0.2) is 78.9 Å². The van der Waals surface area contributed by atoms with Crippen LogP contribution in [-0.2, 0) is 16.1 Å². The fourth-order valence-electron chi connectivity index (χ4n) is 4.85. The molecule has 3 amide bonds. The smallest absolute Gasteiger partial charge is 0.256 e. The van der Waals surface area contributed by atoms with Gasteiger partial charge in [-0.2, -0.15) is 0 Å². The number of carbonyl (C=O) groups is 3. The second-order valence-electron chi connectivity index (χ2n) is 8.92. The first-order valence-corrected chi connectivity index (χ1v) is 12.0. The Morgan fingerprint density at radius 1 is 1.00 bits per heavy atom. The molecule has 0 bridgehead atoms. The first kappa shape index (κ1) is 23.6. The van der Waals surface area contributed by atoms with Gasteiger partial charge in [0.05, 0.1) is 18.4 Å². The van der Waals surface area contributed by atoms with Crippen LogP contribution in [0.25, 0.3) is 0 Å². The van der Waals surface area contributed by atoms with E-state index in [0.29, 0.717) is 30.9 Å². The Morgan fingerprint density at radius 2 is 1.72 bits per heavy atom. The second kappa shape index (κ2) is 10.2. The van der Waals surface area contributed by atoms with Crippen molar-refractivity contribution in [3.63, 3.8) is 0 Å². The van der Waals surface area contributed by atoms with Gasteiger partial charge in [0.15, 0.2) is 0 Å². The highest BCUT2D eigenvalue weighted by Gasteiger charge is 2.42. The normalized spacial score (nSPS) is 18.4. The molecule has 0 radical (unpaired) electrons. The van der Waals surface area contributed by atoms with Crippen molar-refractivity contribution in [3.8, 4) is 5.75 Å². The zero-order valence-corrected chi connectivity index (χ0v) is 20.0. The summed E-state index contributed by atoms with van der Waals surface area (Å²) in [6, 6.07) is 22.8. The monoisotopic (exact) mass is 484 g/mol. The van der Waals surface area contributed by atoms with Crippen LogP contribution in [0.2, 0.25) is 0 Å². The highest BCUT2D eigenvalue weighted by atomic mass is 16.5. The van der Waals surface area contributed by atoms with Crippen molar-refractivity contribution in [2.45, 2.75) is 18.6 Å². The first-order chi connectivity index (χ1) is 17.5. The Balaban J connectivity index is 1.37. The molecule has 0 aromatic heterocycles. The largest absolute Gasteiger partial charge is 0.497 e. The third-order valence-corrected chi connectivity index (χ3v) is 6.75. The molecule has 1 saturated heterocycles. The minimum atomic E-state index is -0.695. The molecule has 2 N–H and O–H groups in total. The maximum absolute atomic E-state index is 13.5. The van der Waals surface area contributed by atoms with Crippen LogP contribution in [0.5, 0.6) is 5.75 Å². The number of benzene rings is 3. The number of methoxy groups -OCH3 is 1. The third-order valence-electron chi connectivity index (χ3n) is 6.75. The van der Waals surface area contributed by atoms with E-state index in [1.165, 1.54) is 0 Å². The van der Waals surface area contributed by atoms with Gasteiger partial charge in [-0.15, -0.1) is 0 Å². The molecule has 2 heterocycles. The fourth-order valence-corrected chi connectivity index (χ4v) is 4.85. The number of amides is 3. The van der Waals surface area contributed by atoms with E-state index in [9.17, 15) is 14.4 Å². The SMILES string of the molecule is COc1ccc(CNC(=O)C(c2ccccc2)N2CCN3C(=O)c4ccccc4NC(=O)[C@@H]3C2)cc1. The Labute approximate surface area is 209 Å². The highest BCUT2D eigenvalue weighted by molar-refractivity contribution is 6.10. The molecule has 184 valence electrons. The maximum atomic E-state index is 13.5. The van der Waals surface area contributed by atoms with Crippen LogP contribution in [0.3, 0.4) is 0 Å². The molecule has 2 aliphatic rings. The summed E-state index contributed by atoms with van der Waals surface area (Å²) in [7, 11) is 1.61. The number of rotatable bonds is 6. The van der Waals surface area contributed by atoms with Crippen molar-refractivity contribution in [1.82, 2.24) is 15.1 Å². The van der Waals surface area contributed by atoms with Gasteiger partial charge in [-0.3, -0.25) is 19.3 Å². The molecule has 0 aliphatic carbocycles. The number of fused-ring (bicyclic) bond motifs is 2. The molecule has 8 nitrogen and oxygen atoms in total. The van der Waals surface area contributed by atoms with Crippen LogP contribution in [0.4, 0.5) is 5.69 Å². The van der Waals surface area contributed by atoms with E-state index in [-0.39, 0.29) is 24.3 Å². The minimum Gasteiger partial charge on any atom is -0.497 e. The number of para-hydroxylation sites is 1. The van der Waals surface area contributed by atoms with E-state index < -0.39 is 12.1 Å². The predicted octanol–water partition coefficient (Wildman–Crippen LogP) is 2.83. The van der Waals surface area contributed by atoms with Gasteiger partial charge >= 0.3 is 0 Å².